The van der Waals surface area contributed by atoms with E-state index in [9.17, 15) is 14.4 Å². The molecular formula is C69H118O6. The summed E-state index contributed by atoms with van der Waals surface area (Å²) in [6.07, 6.45) is 84.7. The molecule has 75 heavy (non-hydrogen) atoms. The number of hydrogen-bond donors (Lipinski definition) is 0. The molecule has 0 radical (unpaired) electrons. The van der Waals surface area contributed by atoms with Crippen molar-refractivity contribution in [2.24, 2.45) is 0 Å². The van der Waals surface area contributed by atoms with E-state index in [1.165, 1.54) is 167 Å². The summed E-state index contributed by atoms with van der Waals surface area (Å²) in [5.41, 5.74) is 0. The van der Waals surface area contributed by atoms with Gasteiger partial charge in [0.15, 0.2) is 6.10 Å². The van der Waals surface area contributed by atoms with Crippen LogP contribution in [0.4, 0.5) is 0 Å². The molecule has 0 spiro atoms. The molecule has 1 unspecified atom stereocenters. The van der Waals surface area contributed by atoms with Gasteiger partial charge in [0.1, 0.15) is 13.2 Å². The van der Waals surface area contributed by atoms with Crippen molar-refractivity contribution in [3.05, 3.63) is 97.2 Å². The Balaban J connectivity index is 4.25. The third-order valence-electron chi connectivity index (χ3n) is 13.6. The first-order valence-corrected chi connectivity index (χ1v) is 31.7. The number of carbonyl (C=O) groups is 3. The molecule has 0 saturated heterocycles. The van der Waals surface area contributed by atoms with Crippen molar-refractivity contribution in [3.8, 4) is 0 Å². The number of carbonyl (C=O) groups excluding carboxylic acids is 3. The summed E-state index contributed by atoms with van der Waals surface area (Å²) >= 11 is 0. The second-order valence-electron chi connectivity index (χ2n) is 20.9. The maximum absolute atomic E-state index is 12.8. The molecule has 0 aromatic heterocycles. The minimum Gasteiger partial charge on any atom is -0.462 e. The second-order valence-corrected chi connectivity index (χ2v) is 20.9. The lowest BCUT2D eigenvalue weighted by Gasteiger charge is -2.18. The van der Waals surface area contributed by atoms with Gasteiger partial charge in [-0.15, -0.1) is 0 Å². The fourth-order valence-electron chi connectivity index (χ4n) is 8.95. The highest BCUT2D eigenvalue weighted by atomic mass is 16.6. The SMILES string of the molecule is CC/C=C\C/C=C\C/C=C\C/C=C\C/C=C\CC(=O)OC(COC(=O)CCCCC/C=C\C/C=C\C/C=C\CC)COC(=O)CCCCCCCCCCCCCCCCCCCCCCCCCCCCCCC. The Kier molecular flexibility index (Phi) is 59.8. The van der Waals surface area contributed by atoms with E-state index in [0.29, 0.717) is 19.3 Å². The summed E-state index contributed by atoms with van der Waals surface area (Å²) in [7, 11) is 0. The summed E-state index contributed by atoms with van der Waals surface area (Å²) < 4.78 is 16.7. The molecule has 0 fully saturated rings. The van der Waals surface area contributed by atoms with Gasteiger partial charge in [-0.25, -0.2) is 0 Å². The topological polar surface area (TPSA) is 78.9 Å². The largest absolute Gasteiger partial charge is 0.462 e. The molecule has 0 saturated carbocycles. The Morgan fingerprint density at radius 1 is 0.293 bits per heavy atom. The molecule has 0 rings (SSSR count). The van der Waals surface area contributed by atoms with Crippen molar-refractivity contribution in [2.75, 3.05) is 13.2 Å². The van der Waals surface area contributed by atoms with Crippen LogP contribution in [-0.4, -0.2) is 37.2 Å². The summed E-state index contributed by atoms with van der Waals surface area (Å²) in [5, 5.41) is 0. The lowest BCUT2D eigenvalue weighted by molar-refractivity contribution is -0.166. The first-order valence-electron chi connectivity index (χ1n) is 31.7. The number of rotatable bonds is 57. The van der Waals surface area contributed by atoms with Gasteiger partial charge in [0.2, 0.25) is 0 Å². The predicted octanol–water partition coefficient (Wildman–Crippen LogP) is 21.7. The van der Waals surface area contributed by atoms with Crippen molar-refractivity contribution in [1.29, 1.82) is 0 Å². The summed E-state index contributed by atoms with van der Waals surface area (Å²) in [5.74, 6) is -1.08. The molecule has 0 aliphatic heterocycles. The van der Waals surface area contributed by atoms with Gasteiger partial charge >= 0.3 is 17.9 Å². The Morgan fingerprint density at radius 3 is 0.880 bits per heavy atom. The summed E-state index contributed by atoms with van der Waals surface area (Å²) in [4.78, 5) is 38.1. The van der Waals surface area contributed by atoms with Crippen LogP contribution < -0.4 is 0 Å². The Hall–Kier alpha value is -3.67. The molecule has 0 bridgehead atoms. The van der Waals surface area contributed by atoms with Gasteiger partial charge in [-0.3, -0.25) is 14.4 Å². The van der Waals surface area contributed by atoms with E-state index in [2.05, 4.69) is 106 Å². The van der Waals surface area contributed by atoms with E-state index in [0.717, 1.165) is 89.9 Å². The van der Waals surface area contributed by atoms with Gasteiger partial charge in [-0.05, 0) is 77.0 Å². The van der Waals surface area contributed by atoms with Crippen LogP contribution in [0.5, 0.6) is 0 Å². The maximum Gasteiger partial charge on any atom is 0.310 e. The number of ether oxygens (including phenoxy) is 3. The van der Waals surface area contributed by atoms with Crippen molar-refractivity contribution in [3.63, 3.8) is 0 Å². The van der Waals surface area contributed by atoms with Crippen LogP contribution in [0.2, 0.25) is 0 Å². The van der Waals surface area contributed by atoms with Crippen LogP contribution in [-0.2, 0) is 28.6 Å². The summed E-state index contributed by atoms with van der Waals surface area (Å²) in [6, 6.07) is 0. The van der Waals surface area contributed by atoms with Crippen molar-refractivity contribution in [2.45, 2.75) is 309 Å². The van der Waals surface area contributed by atoms with Crippen LogP contribution in [0.25, 0.3) is 0 Å². The van der Waals surface area contributed by atoms with E-state index in [4.69, 9.17) is 14.2 Å². The zero-order chi connectivity index (χ0) is 54.3. The average molecular weight is 1040 g/mol. The normalized spacial score (nSPS) is 12.7. The second kappa shape index (κ2) is 62.9. The molecule has 1 atom stereocenters. The maximum atomic E-state index is 12.8. The van der Waals surface area contributed by atoms with Gasteiger partial charge in [0, 0.05) is 12.8 Å². The average Bonchev–Trinajstić information content (AvgIpc) is 3.41. The molecule has 0 heterocycles. The molecule has 0 aliphatic carbocycles. The predicted molar refractivity (Wildman–Crippen MR) is 325 cm³/mol. The fraction of sp³-hybridized carbons (Fsp3) is 0.725. The number of esters is 3. The van der Waals surface area contributed by atoms with Gasteiger partial charge in [0.25, 0.3) is 0 Å². The third-order valence-corrected chi connectivity index (χ3v) is 13.6. The summed E-state index contributed by atoms with van der Waals surface area (Å²) in [6.45, 7) is 6.33. The highest BCUT2D eigenvalue weighted by molar-refractivity contribution is 5.72. The lowest BCUT2D eigenvalue weighted by atomic mass is 10.0. The lowest BCUT2D eigenvalue weighted by Crippen LogP contribution is -2.30. The molecule has 0 aromatic rings. The molecule has 6 nitrogen and oxygen atoms in total. The molecule has 0 aromatic carbocycles. The minimum atomic E-state index is -0.844. The van der Waals surface area contributed by atoms with Crippen molar-refractivity contribution in [1.82, 2.24) is 0 Å². The van der Waals surface area contributed by atoms with Crippen LogP contribution >= 0.6 is 0 Å². The molecule has 430 valence electrons. The van der Waals surface area contributed by atoms with Gasteiger partial charge in [-0.1, -0.05) is 304 Å². The van der Waals surface area contributed by atoms with E-state index in [1.54, 1.807) is 6.08 Å². The minimum absolute atomic E-state index is 0.0899. The first kappa shape index (κ1) is 71.3. The Labute approximate surface area is 464 Å². The van der Waals surface area contributed by atoms with Crippen LogP contribution in [0, 0.1) is 0 Å². The van der Waals surface area contributed by atoms with E-state index >= 15 is 0 Å². The van der Waals surface area contributed by atoms with Crippen LogP contribution in [0.3, 0.4) is 0 Å². The smallest absolute Gasteiger partial charge is 0.310 e. The Bertz CT molecular complexity index is 1480. The van der Waals surface area contributed by atoms with Crippen molar-refractivity contribution >= 4 is 17.9 Å². The highest BCUT2D eigenvalue weighted by Gasteiger charge is 2.19. The number of hydrogen-bond acceptors (Lipinski definition) is 6. The van der Waals surface area contributed by atoms with E-state index < -0.39 is 12.1 Å². The van der Waals surface area contributed by atoms with Gasteiger partial charge < -0.3 is 14.2 Å². The van der Waals surface area contributed by atoms with Crippen molar-refractivity contribution < 1.29 is 28.6 Å². The fourth-order valence-corrected chi connectivity index (χ4v) is 8.95. The first-order chi connectivity index (χ1) is 37.0. The molecule has 0 amide bonds. The standard InChI is InChI=1S/C69H118O6/c1-4-7-10-13-16-19-22-25-27-28-29-30-31-32-33-34-35-36-37-38-39-40-42-44-47-50-53-56-59-62-68(71)74-65-66(64-73-67(70)61-58-55-52-49-46-43-24-21-18-15-12-9-6-3)75-69(72)63-60-57-54-51-48-45-41-26-23-20-17-14-11-8-5-2/h8-9,11-12,17-18,20-21,26,41,43,46,48,51,57,60,66H,4-7,10,13-16,19,22-25,27-40,42,44-45,47,49-50,52-56,58-59,61-65H2,1-3H3/b11-8-,12-9-,20-17-,21-18-,41-26-,46-43-,51-48-,60-57-. The zero-order valence-electron chi connectivity index (χ0n) is 49.3. The van der Waals surface area contributed by atoms with Crippen LogP contribution in [0.1, 0.15) is 303 Å². The number of allylic oxidation sites excluding steroid dienone is 15. The van der Waals surface area contributed by atoms with E-state index in [1.807, 2.05) is 6.08 Å². The molecule has 0 aliphatic rings. The highest BCUT2D eigenvalue weighted by Crippen LogP contribution is 2.17. The Morgan fingerprint density at radius 2 is 0.560 bits per heavy atom. The van der Waals surface area contributed by atoms with E-state index in [-0.39, 0.29) is 31.6 Å². The quantitative estimate of drug-likeness (QED) is 0.0261. The van der Waals surface area contributed by atoms with Gasteiger partial charge in [0.05, 0.1) is 6.42 Å². The molecular weight excluding hydrogens is 925 g/mol. The van der Waals surface area contributed by atoms with Crippen LogP contribution in [0.15, 0.2) is 97.2 Å². The number of unbranched alkanes of at least 4 members (excludes halogenated alkanes) is 31. The monoisotopic (exact) mass is 1040 g/mol. The van der Waals surface area contributed by atoms with Gasteiger partial charge in [-0.2, -0.15) is 0 Å². The molecule has 6 heteroatoms. The third kappa shape index (κ3) is 61.1. The molecule has 0 N–H and O–H groups in total. The zero-order valence-corrected chi connectivity index (χ0v) is 49.3.